The molecule has 1 atom stereocenters. The van der Waals surface area contributed by atoms with Crippen molar-refractivity contribution in [2.24, 2.45) is 5.10 Å². The van der Waals surface area contributed by atoms with Crippen LogP contribution in [0, 0.1) is 0 Å². The van der Waals surface area contributed by atoms with Crippen LogP contribution < -0.4 is 0 Å². The van der Waals surface area contributed by atoms with Gasteiger partial charge in [-0.1, -0.05) is 48.5 Å². The molecule has 0 saturated carbocycles. The number of carbonyl (C=O) groups is 2. The second-order valence-electron chi connectivity index (χ2n) is 7.41. The van der Waals surface area contributed by atoms with E-state index in [4.69, 9.17) is 0 Å². The van der Waals surface area contributed by atoms with Crippen molar-refractivity contribution in [1.29, 1.82) is 0 Å². The van der Waals surface area contributed by atoms with Crippen molar-refractivity contribution in [2.75, 3.05) is 13.1 Å². The zero-order valence-electron chi connectivity index (χ0n) is 15.6. The van der Waals surface area contributed by atoms with Crippen molar-refractivity contribution in [1.82, 2.24) is 14.9 Å². The fourth-order valence-corrected chi connectivity index (χ4v) is 4.36. The number of benzene rings is 2. The molecule has 2 amide bonds. The molecular formula is C22H20N4O2. The van der Waals surface area contributed by atoms with Gasteiger partial charge in [0.2, 0.25) is 5.91 Å². The number of hydrogen-bond donors (Lipinski definition) is 1. The largest absolute Gasteiger partial charge is 0.356 e. The molecule has 140 valence electrons. The summed E-state index contributed by atoms with van der Waals surface area (Å²) < 4.78 is 0. The summed E-state index contributed by atoms with van der Waals surface area (Å²) in [6, 6.07) is 17.6. The van der Waals surface area contributed by atoms with Crippen LogP contribution >= 0.6 is 0 Å². The van der Waals surface area contributed by atoms with Gasteiger partial charge in [-0.3, -0.25) is 9.59 Å². The van der Waals surface area contributed by atoms with Crippen molar-refractivity contribution < 1.29 is 9.59 Å². The monoisotopic (exact) mass is 372 g/mol. The van der Waals surface area contributed by atoms with E-state index in [2.05, 4.69) is 16.2 Å². The van der Waals surface area contributed by atoms with Crippen molar-refractivity contribution in [2.45, 2.75) is 18.9 Å². The molecule has 0 spiro atoms. The van der Waals surface area contributed by atoms with Crippen molar-refractivity contribution in [3.8, 4) is 0 Å². The van der Waals surface area contributed by atoms with E-state index in [1.807, 2.05) is 55.5 Å². The van der Waals surface area contributed by atoms with Gasteiger partial charge in [-0.15, -0.1) is 0 Å². The van der Waals surface area contributed by atoms with Crippen LogP contribution in [0.1, 0.15) is 23.7 Å². The molecule has 2 aromatic carbocycles. The molecule has 0 aliphatic carbocycles. The second-order valence-corrected chi connectivity index (χ2v) is 7.41. The number of piperazine rings is 1. The zero-order chi connectivity index (χ0) is 19.3. The van der Waals surface area contributed by atoms with E-state index in [-0.39, 0.29) is 18.4 Å². The Labute approximate surface area is 162 Å². The number of amides is 2. The third-order valence-corrected chi connectivity index (χ3v) is 5.81. The van der Waals surface area contributed by atoms with E-state index in [0.717, 1.165) is 34.1 Å². The maximum atomic E-state index is 13.5. The lowest BCUT2D eigenvalue weighted by Crippen LogP contribution is -2.65. The summed E-state index contributed by atoms with van der Waals surface area (Å²) in [7, 11) is 0. The normalized spacial score (nSPS) is 22.0. The number of nitrogens with one attached hydrogen (secondary N) is 1. The van der Waals surface area contributed by atoms with Gasteiger partial charge in [-0.25, -0.2) is 5.01 Å². The van der Waals surface area contributed by atoms with E-state index in [1.54, 1.807) is 11.1 Å². The highest BCUT2D eigenvalue weighted by molar-refractivity contribution is 6.01. The molecule has 1 aromatic heterocycles. The van der Waals surface area contributed by atoms with Crippen LogP contribution in [0.25, 0.3) is 10.9 Å². The third kappa shape index (κ3) is 2.30. The summed E-state index contributed by atoms with van der Waals surface area (Å²) in [5, 5.41) is 6.76. The molecule has 6 nitrogen and oxygen atoms in total. The van der Waals surface area contributed by atoms with Gasteiger partial charge in [-0.2, -0.15) is 5.10 Å². The molecular weight excluding hydrogens is 352 g/mol. The summed E-state index contributed by atoms with van der Waals surface area (Å²) >= 11 is 0. The van der Waals surface area contributed by atoms with E-state index in [9.17, 15) is 9.59 Å². The van der Waals surface area contributed by atoms with Crippen LogP contribution in [0.2, 0.25) is 0 Å². The Hall–Kier alpha value is -3.41. The molecule has 2 aliphatic heterocycles. The molecule has 1 N–H and O–H groups in total. The highest BCUT2D eigenvalue weighted by atomic mass is 16.2. The summed E-state index contributed by atoms with van der Waals surface area (Å²) in [6.45, 7) is 2.32. The van der Waals surface area contributed by atoms with Crippen LogP contribution in [0.5, 0.6) is 0 Å². The number of nitrogens with zero attached hydrogens (tertiary/aromatic N) is 3. The number of para-hydroxylation sites is 1. The van der Waals surface area contributed by atoms with Gasteiger partial charge in [-0.05, 0) is 30.5 Å². The SMILES string of the molecule is C[C@@]12C(=O)N(/N=C\c3ccccc3)CC(=O)N1CCc1c2[nH]c2ccccc12. The average molecular weight is 372 g/mol. The smallest absolute Gasteiger partial charge is 0.275 e. The standard InChI is InChI=1S/C22H20N4O2/c1-22-20-17(16-9-5-6-10-18(16)24-20)11-12-25(22)19(27)14-26(21(22)28)23-13-15-7-3-2-4-8-15/h2-10,13,24H,11-12,14H2,1H3/b23-13-/t22-/m1/s1. The van der Waals surface area contributed by atoms with Gasteiger partial charge in [0.25, 0.3) is 5.91 Å². The molecule has 0 unspecified atom stereocenters. The predicted molar refractivity (Wildman–Crippen MR) is 107 cm³/mol. The number of H-pyrrole nitrogens is 1. The first-order chi connectivity index (χ1) is 13.6. The number of hydrogen-bond acceptors (Lipinski definition) is 3. The number of aromatic amines is 1. The van der Waals surface area contributed by atoms with E-state index in [1.165, 1.54) is 5.01 Å². The third-order valence-electron chi connectivity index (χ3n) is 5.81. The van der Waals surface area contributed by atoms with Crippen LogP contribution in [-0.2, 0) is 21.5 Å². The summed E-state index contributed by atoms with van der Waals surface area (Å²) in [5.74, 6) is -0.275. The van der Waals surface area contributed by atoms with Gasteiger partial charge in [0, 0.05) is 17.4 Å². The molecule has 0 radical (unpaired) electrons. The Morgan fingerprint density at radius 1 is 1.07 bits per heavy atom. The number of rotatable bonds is 2. The highest BCUT2D eigenvalue weighted by Crippen LogP contribution is 2.41. The van der Waals surface area contributed by atoms with Gasteiger partial charge >= 0.3 is 0 Å². The Kier molecular flexibility index (Phi) is 3.62. The number of carbonyl (C=O) groups excluding carboxylic acids is 2. The average Bonchev–Trinajstić information content (AvgIpc) is 3.11. The molecule has 0 bridgehead atoms. The Morgan fingerprint density at radius 2 is 1.82 bits per heavy atom. The quantitative estimate of drug-likeness (QED) is 0.703. The number of aromatic nitrogens is 1. The topological polar surface area (TPSA) is 68.8 Å². The maximum Gasteiger partial charge on any atom is 0.275 e. The Balaban J connectivity index is 1.59. The minimum Gasteiger partial charge on any atom is -0.356 e. The number of fused-ring (bicyclic) bond motifs is 5. The molecule has 2 aliphatic rings. The second kappa shape index (κ2) is 6.05. The molecule has 5 rings (SSSR count). The van der Waals surface area contributed by atoms with Gasteiger partial charge in [0.15, 0.2) is 5.54 Å². The summed E-state index contributed by atoms with van der Waals surface area (Å²) in [6.07, 6.45) is 2.36. The van der Waals surface area contributed by atoms with Crippen molar-refractivity contribution in [3.05, 3.63) is 71.4 Å². The van der Waals surface area contributed by atoms with Crippen LogP contribution in [0.4, 0.5) is 0 Å². The molecule has 6 heteroatoms. The lowest BCUT2D eigenvalue weighted by Gasteiger charge is -2.48. The van der Waals surface area contributed by atoms with Crippen LogP contribution in [0.15, 0.2) is 59.7 Å². The highest BCUT2D eigenvalue weighted by Gasteiger charge is 2.54. The first-order valence-electron chi connectivity index (χ1n) is 9.40. The molecule has 1 fully saturated rings. The summed E-state index contributed by atoms with van der Waals surface area (Å²) in [4.78, 5) is 31.5. The minimum atomic E-state index is -1.07. The lowest BCUT2D eigenvalue weighted by atomic mass is 9.83. The van der Waals surface area contributed by atoms with Gasteiger partial charge in [0.1, 0.15) is 6.54 Å². The maximum absolute atomic E-state index is 13.5. The van der Waals surface area contributed by atoms with E-state index < -0.39 is 5.54 Å². The Morgan fingerprint density at radius 3 is 2.64 bits per heavy atom. The predicted octanol–water partition coefficient (Wildman–Crippen LogP) is 2.64. The number of hydrazone groups is 1. The van der Waals surface area contributed by atoms with Crippen LogP contribution in [0.3, 0.4) is 0 Å². The first kappa shape index (κ1) is 16.7. The molecule has 1 saturated heterocycles. The zero-order valence-corrected chi connectivity index (χ0v) is 15.6. The summed E-state index contributed by atoms with van der Waals surface area (Å²) in [5.41, 5.74) is 2.71. The first-order valence-corrected chi connectivity index (χ1v) is 9.40. The molecule has 28 heavy (non-hydrogen) atoms. The minimum absolute atomic E-state index is 0.0344. The fraction of sp³-hybridized carbons (Fsp3) is 0.227. The van der Waals surface area contributed by atoms with E-state index >= 15 is 0 Å². The van der Waals surface area contributed by atoms with Crippen LogP contribution in [-0.4, -0.2) is 46.0 Å². The Bertz CT molecular complexity index is 1120. The van der Waals surface area contributed by atoms with Gasteiger partial charge in [0.05, 0.1) is 11.9 Å². The van der Waals surface area contributed by atoms with Crippen molar-refractivity contribution in [3.63, 3.8) is 0 Å². The van der Waals surface area contributed by atoms with Crippen molar-refractivity contribution >= 4 is 28.9 Å². The fourth-order valence-electron chi connectivity index (χ4n) is 4.36. The molecule has 3 heterocycles. The van der Waals surface area contributed by atoms with E-state index in [0.29, 0.717) is 6.54 Å². The lowest BCUT2D eigenvalue weighted by molar-refractivity contribution is -0.165. The molecule has 3 aromatic rings. The van der Waals surface area contributed by atoms with Gasteiger partial charge < -0.3 is 9.88 Å².